The molecule has 2 rings (SSSR count). The molecule has 0 atom stereocenters. The van der Waals surface area contributed by atoms with Gasteiger partial charge in [-0.05, 0) is 28.8 Å². The molecule has 0 radical (unpaired) electrons. The van der Waals surface area contributed by atoms with Crippen LogP contribution >= 0.6 is 0 Å². The molecule has 0 amide bonds. The molecule has 0 saturated carbocycles. The molecule has 0 fully saturated rings. The standard InChI is InChI=1S/C16H13NO4/c18-15-8-7-14(11-16(15)19)6-5-12-1-3-13(4-2-12)9-10-17(20)21/h1-11,18-19H/b6-5+,10-9+. The summed E-state index contributed by atoms with van der Waals surface area (Å²) in [4.78, 5) is 9.71. The molecule has 0 aliphatic rings. The monoisotopic (exact) mass is 283 g/mol. The molecule has 0 aromatic heterocycles. The van der Waals surface area contributed by atoms with Crippen molar-refractivity contribution in [3.05, 3.63) is 75.5 Å². The molecule has 0 aliphatic carbocycles. The second kappa shape index (κ2) is 6.38. The Kier molecular flexibility index (Phi) is 4.36. The third-order valence-electron chi connectivity index (χ3n) is 2.79. The van der Waals surface area contributed by atoms with Crippen LogP contribution in [0.15, 0.2) is 48.7 Å². The van der Waals surface area contributed by atoms with E-state index in [0.29, 0.717) is 0 Å². The number of nitro groups is 1. The summed E-state index contributed by atoms with van der Waals surface area (Å²) in [5.41, 5.74) is 2.41. The van der Waals surface area contributed by atoms with E-state index in [1.54, 1.807) is 24.3 Å². The van der Waals surface area contributed by atoms with E-state index in [2.05, 4.69) is 0 Å². The van der Waals surface area contributed by atoms with Crippen molar-refractivity contribution in [3.8, 4) is 11.5 Å². The summed E-state index contributed by atoms with van der Waals surface area (Å²) in [5, 5.41) is 28.8. The van der Waals surface area contributed by atoms with Crippen molar-refractivity contribution in [2.24, 2.45) is 0 Å². The van der Waals surface area contributed by atoms with Gasteiger partial charge < -0.3 is 10.2 Å². The Hall–Kier alpha value is -3.08. The van der Waals surface area contributed by atoms with E-state index in [1.807, 2.05) is 18.2 Å². The van der Waals surface area contributed by atoms with Crippen molar-refractivity contribution in [2.45, 2.75) is 0 Å². The largest absolute Gasteiger partial charge is 0.504 e. The van der Waals surface area contributed by atoms with Crippen molar-refractivity contribution < 1.29 is 15.1 Å². The first kappa shape index (κ1) is 14.3. The highest BCUT2D eigenvalue weighted by Gasteiger charge is 1.98. The minimum Gasteiger partial charge on any atom is -0.504 e. The molecule has 0 bridgehead atoms. The summed E-state index contributed by atoms with van der Waals surface area (Å²) in [6.07, 6.45) is 5.95. The number of rotatable bonds is 4. The van der Waals surface area contributed by atoms with E-state index in [-0.39, 0.29) is 11.5 Å². The molecule has 0 spiro atoms. The van der Waals surface area contributed by atoms with Crippen molar-refractivity contribution in [1.82, 2.24) is 0 Å². The molecule has 106 valence electrons. The lowest BCUT2D eigenvalue weighted by molar-refractivity contribution is -0.400. The predicted octanol–water partition coefficient (Wildman–Crippen LogP) is 3.52. The highest BCUT2D eigenvalue weighted by atomic mass is 16.6. The Bertz CT molecular complexity index is 703. The molecule has 21 heavy (non-hydrogen) atoms. The highest BCUT2D eigenvalue weighted by Crippen LogP contribution is 2.25. The lowest BCUT2D eigenvalue weighted by atomic mass is 10.1. The molecule has 2 aromatic carbocycles. The van der Waals surface area contributed by atoms with Gasteiger partial charge in [-0.1, -0.05) is 42.5 Å². The van der Waals surface area contributed by atoms with Gasteiger partial charge in [0.15, 0.2) is 11.5 Å². The van der Waals surface area contributed by atoms with Crippen LogP contribution in [0.4, 0.5) is 0 Å². The van der Waals surface area contributed by atoms with E-state index < -0.39 is 4.92 Å². The second-order valence-electron chi connectivity index (χ2n) is 4.35. The summed E-state index contributed by atoms with van der Waals surface area (Å²) < 4.78 is 0. The van der Waals surface area contributed by atoms with E-state index in [0.717, 1.165) is 22.9 Å². The number of phenolic OH excluding ortho intramolecular Hbond substituents is 2. The molecule has 5 nitrogen and oxygen atoms in total. The maximum absolute atomic E-state index is 10.2. The van der Waals surface area contributed by atoms with Gasteiger partial charge in [0.05, 0.1) is 4.92 Å². The van der Waals surface area contributed by atoms with E-state index in [9.17, 15) is 20.3 Å². The SMILES string of the molecule is O=[N+]([O-])/C=C/c1ccc(/C=C/c2ccc(O)c(O)c2)cc1. The lowest BCUT2D eigenvalue weighted by Crippen LogP contribution is -1.82. The number of hydrogen-bond donors (Lipinski definition) is 2. The predicted molar refractivity (Wildman–Crippen MR) is 81.2 cm³/mol. The van der Waals surface area contributed by atoms with Crippen LogP contribution in [0.5, 0.6) is 11.5 Å². The smallest absolute Gasteiger partial charge is 0.235 e. The number of phenols is 2. The van der Waals surface area contributed by atoms with Gasteiger partial charge >= 0.3 is 0 Å². The fraction of sp³-hybridized carbons (Fsp3) is 0. The summed E-state index contributed by atoms with van der Waals surface area (Å²) in [6, 6.07) is 11.8. The Morgan fingerprint density at radius 3 is 1.90 bits per heavy atom. The van der Waals surface area contributed by atoms with E-state index >= 15 is 0 Å². The van der Waals surface area contributed by atoms with Gasteiger partial charge in [-0.15, -0.1) is 0 Å². The normalized spacial score (nSPS) is 11.2. The fourth-order valence-corrected chi connectivity index (χ4v) is 1.70. The molecule has 0 saturated heterocycles. The third-order valence-corrected chi connectivity index (χ3v) is 2.79. The van der Waals surface area contributed by atoms with Crippen molar-refractivity contribution >= 4 is 18.2 Å². The maximum Gasteiger partial charge on any atom is 0.235 e. The Balaban J connectivity index is 2.10. The first-order valence-electron chi connectivity index (χ1n) is 6.16. The van der Waals surface area contributed by atoms with Crippen LogP contribution in [0.2, 0.25) is 0 Å². The molecule has 0 unspecified atom stereocenters. The van der Waals surface area contributed by atoms with Crippen LogP contribution in [0.3, 0.4) is 0 Å². The topological polar surface area (TPSA) is 83.6 Å². The molecule has 2 N–H and O–H groups in total. The number of nitrogens with zero attached hydrogens (tertiary/aromatic N) is 1. The summed E-state index contributed by atoms with van der Waals surface area (Å²) in [7, 11) is 0. The van der Waals surface area contributed by atoms with Gasteiger partial charge in [-0.3, -0.25) is 10.1 Å². The van der Waals surface area contributed by atoms with Crippen LogP contribution in [0, 0.1) is 10.1 Å². The zero-order valence-corrected chi connectivity index (χ0v) is 11.0. The Morgan fingerprint density at radius 2 is 1.33 bits per heavy atom. The fourth-order valence-electron chi connectivity index (χ4n) is 1.70. The summed E-state index contributed by atoms with van der Waals surface area (Å²) in [5.74, 6) is -0.327. The molecule has 2 aromatic rings. The van der Waals surface area contributed by atoms with Gasteiger partial charge in [0.1, 0.15) is 0 Å². The van der Waals surface area contributed by atoms with E-state index in [4.69, 9.17) is 0 Å². The Morgan fingerprint density at radius 1 is 0.810 bits per heavy atom. The van der Waals surface area contributed by atoms with Crippen LogP contribution in [0.25, 0.3) is 18.2 Å². The van der Waals surface area contributed by atoms with Crippen molar-refractivity contribution in [2.75, 3.05) is 0 Å². The van der Waals surface area contributed by atoms with Gasteiger partial charge in [0.2, 0.25) is 6.20 Å². The molecular formula is C16H13NO4. The van der Waals surface area contributed by atoms with Gasteiger partial charge in [-0.25, -0.2) is 0 Å². The van der Waals surface area contributed by atoms with Crippen molar-refractivity contribution in [1.29, 1.82) is 0 Å². The molecule has 5 heteroatoms. The van der Waals surface area contributed by atoms with Gasteiger partial charge in [0, 0.05) is 6.08 Å². The molecular weight excluding hydrogens is 270 g/mol. The average molecular weight is 283 g/mol. The third kappa shape index (κ3) is 4.21. The minimum atomic E-state index is -0.509. The second-order valence-corrected chi connectivity index (χ2v) is 4.35. The van der Waals surface area contributed by atoms with Crippen LogP contribution in [-0.2, 0) is 0 Å². The number of aromatic hydroxyl groups is 2. The quantitative estimate of drug-likeness (QED) is 0.389. The summed E-state index contributed by atoms with van der Waals surface area (Å²) >= 11 is 0. The average Bonchev–Trinajstić information content (AvgIpc) is 2.47. The van der Waals surface area contributed by atoms with Crippen LogP contribution < -0.4 is 0 Å². The molecule has 0 aliphatic heterocycles. The maximum atomic E-state index is 10.2. The minimum absolute atomic E-state index is 0.158. The summed E-state index contributed by atoms with van der Waals surface area (Å²) in [6.45, 7) is 0. The number of hydrogen-bond acceptors (Lipinski definition) is 4. The first-order valence-corrected chi connectivity index (χ1v) is 6.16. The van der Waals surface area contributed by atoms with Gasteiger partial charge in [-0.2, -0.15) is 0 Å². The number of benzene rings is 2. The van der Waals surface area contributed by atoms with Gasteiger partial charge in [0.25, 0.3) is 0 Å². The van der Waals surface area contributed by atoms with Crippen molar-refractivity contribution in [3.63, 3.8) is 0 Å². The highest BCUT2D eigenvalue weighted by molar-refractivity contribution is 5.71. The van der Waals surface area contributed by atoms with E-state index in [1.165, 1.54) is 18.2 Å². The van der Waals surface area contributed by atoms with Crippen LogP contribution in [0.1, 0.15) is 16.7 Å². The zero-order chi connectivity index (χ0) is 15.2. The first-order chi connectivity index (χ1) is 10.0. The lowest BCUT2D eigenvalue weighted by Gasteiger charge is -1.99. The Labute approximate surface area is 121 Å². The molecule has 0 heterocycles. The zero-order valence-electron chi connectivity index (χ0n) is 11.0. The van der Waals surface area contributed by atoms with Crippen LogP contribution in [-0.4, -0.2) is 15.1 Å².